The van der Waals surface area contributed by atoms with Crippen molar-refractivity contribution in [3.8, 4) is 0 Å². The van der Waals surface area contributed by atoms with Crippen molar-refractivity contribution >= 4 is 30.8 Å². The maximum atomic E-state index is 5.95. The van der Waals surface area contributed by atoms with E-state index in [-0.39, 0.29) is 0 Å². The molecule has 0 bridgehead atoms. The van der Waals surface area contributed by atoms with E-state index >= 15 is 0 Å². The molecule has 1 aliphatic carbocycles. The van der Waals surface area contributed by atoms with Crippen LogP contribution < -0.4 is 9.13 Å². The first-order valence-corrected chi connectivity index (χ1v) is 12.2. The molecule has 0 saturated carbocycles. The minimum atomic E-state index is -0.491. The van der Waals surface area contributed by atoms with Gasteiger partial charge in [-0.3, -0.25) is 0 Å². The van der Waals surface area contributed by atoms with Crippen molar-refractivity contribution in [2.24, 2.45) is 20.0 Å². The van der Waals surface area contributed by atoms with Gasteiger partial charge in [0.2, 0.25) is 6.20 Å². The minimum Gasteiger partial charge on any atom is -0.381 e. The first-order chi connectivity index (χ1) is 10.4. The van der Waals surface area contributed by atoms with Crippen LogP contribution in [0.4, 0.5) is 0 Å². The summed E-state index contributed by atoms with van der Waals surface area (Å²) in [4.78, 5) is 0. The van der Waals surface area contributed by atoms with Crippen LogP contribution >= 0.6 is 15.9 Å². The molecular weight excluding hydrogens is 356 g/mol. The standard InChI is InChI=1S/C17H29BrN2OSi/c1-13(12-21-9-10-22(4)5)14-7-6-8-15-17(14)19(2)11-16(18)20(15)3/h6,8,11,13-14,22H,7,9-10,12H2,1-5H3/q+2. The van der Waals surface area contributed by atoms with E-state index in [9.17, 15) is 0 Å². The zero-order valence-electron chi connectivity index (χ0n) is 14.5. The van der Waals surface area contributed by atoms with E-state index in [0.29, 0.717) is 11.8 Å². The Morgan fingerprint density at radius 2 is 2.14 bits per heavy atom. The summed E-state index contributed by atoms with van der Waals surface area (Å²) >= 11 is 3.63. The van der Waals surface area contributed by atoms with Crippen molar-refractivity contribution in [1.82, 2.24) is 0 Å². The van der Waals surface area contributed by atoms with Crippen LogP contribution in [0.3, 0.4) is 0 Å². The van der Waals surface area contributed by atoms with Crippen molar-refractivity contribution in [2.75, 3.05) is 13.2 Å². The molecule has 1 aromatic rings. The van der Waals surface area contributed by atoms with Crippen LogP contribution in [-0.2, 0) is 18.8 Å². The molecule has 0 aliphatic heterocycles. The van der Waals surface area contributed by atoms with Gasteiger partial charge < -0.3 is 4.74 Å². The summed E-state index contributed by atoms with van der Waals surface area (Å²) in [6.07, 6.45) is 7.81. The van der Waals surface area contributed by atoms with Crippen LogP contribution in [0, 0.1) is 5.92 Å². The summed E-state index contributed by atoms with van der Waals surface area (Å²) in [6, 6.07) is 1.28. The number of hydrogen-bond donors (Lipinski definition) is 0. The Morgan fingerprint density at radius 3 is 2.82 bits per heavy atom. The van der Waals surface area contributed by atoms with E-state index in [1.54, 1.807) is 0 Å². The fourth-order valence-electron chi connectivity index (χ4n) is 3.08. The van der Waals surface area contributed by atoms with Crippen molar-refractivity contribution in [1.29, 1.82) is 0 Å². The highest BCUT2D eigenvalue weighted by molar-refractivity contribution is 9.10. The smallest absolute Gasteiger partial charge is 0.312 e. The van der Waals surface area contributed by atoms with E-state index < -0.39 is 8.80 Å². The number of ether oxygens (including phenoxy) is 1. The molecule has 2 unspecified atom stereocenters. The number of aryl methyl sites for hydroxylation is 1. The zero-order valence-corrected chi connectivity index (χ0v) is 17.2. The SMILES string of the molecule is CC(COCC[SiH](C)C)C1CC=Cc2c1[n+](C)cc(Br)[n+]2C. The molecule has 2 atom stereocenters. The molecule has 122 valence electrons. The fourth-order valence-corrected chi connectivity index (χ4v) is 4.21. The number of halogens is 1. The molecule has 1 heterocycles. The van der Waals surface area contributed by atoms with Gasteiger partial charge in [-0.1, -0.05) is 26.1 Å². The lowest BCUT2D eigenvalue weighted by Gasteiger charge is -2.23. The Balaban J connectivity index is 2.12. The molecule has 2 rings (SSSR count). The molecule has 1 aliphatic rings. The molecule has 0 saturated heterocycles. The zero-order chi connectivity index (χ0) is 16.3. The van der Waals surface area contributed by atoms with Crippen LogP contribution in [-0.4, -0.2) is 22.0 Å². The average Bonchev–Trinajstić information content (AvgIpc) is 2.48. The lowest BCUT2D eigenvalue weighted by molar-refractivity contribution is -0.742. The third-order valence-corrected chi connectivity index (χ3v) is 6.68. The van der Waals surface area contributed by atoms with Gasteiger partial charge in [0.05, 0.1) is 5.92 Å². The molecule has 0 aromatic carbocycles. The molecule has 0 fully saturated rings. The van der Waals surface area contributed by atoms with Gasteiger partial charge in [-0.15, -0.1) is 0 Å². The van der Waals surface area contributed by atoms with Crippen LogP contribution in [0.25, 0.3) is 6.08 Å². The Labute approximate surface area is 144 Å². The van der Waals surface area contributed by atoms with E-state index in [1.165, 1.54) is 17.4 Å². The highest BCUT2D eigenvalue weighted by Crippen LogP contribution is 2.32. The van der Waals surface area contributed by atoms with E-state index in [1.807, 2.05) is 0 Å². The molecule has 0 radical (unpaired) electrons. The Hall–Kier alpha value is -0.523. The quantitative estimate of drug-likeness (QED) is 0.418. The predicted octanol–water partition coefficient (Wildman–Crippen LogP) is 2.74. The molecule has 3 nitrogen and oxygen atoms in total. The molecule has 0 spiro atoms. The van der Waals surface area contributed by atoms with Crippen LogP contribution in [0.5, 0.6) is 0 Å². The number of rotatable bonds is 6. The molecule has 22 heavy (non-hydrogen) atoms. The highest BCUT2D eigenvalue weighted by Gasteiger charge is 2.36. The van der Waals surface area contributed by atoms with E-state index in [2.05, 4.69) is 77.5 Å². The predicted molar refractivity (Wildman–Crippen MR) is 96.6 cm³/mol. The van der Waals surface area contributed by atoms with Gasteiger partial charge in [-0.05, 0) is 18.4 Å². The monoisotopic (exact) mass is 384 g/mol. The van der Waals surface area contributed by atoms with Crippen LogP contribution in [0.1, 0.15) is 30.7 Å². The summed E-state index contributed by atoms with van der Waals surface area (Å²) in [5, 5.41) is 0. The van der Waals surface area contributed by atoms with Crippen LogP contribution in [0.15, 0.2) is 16.9 Å². The first kappa shape index (κ1) is 17.8. The van der Waals surface area contributed by atoms with Gasteiger partial charge in [0.1, 0.15) is 14.1 Å². The second-order valence-corrected chi connectivity index (χ2v) is 11.0. The van der Waals surface area contributed by atoms with Crippen molar-refractivity contribution in [3.05, 3.63) is 28.3 Å². The van der Waals surface area contributed by atoms with Crippen LogP contribution in [0.2, 0.25) is 19.1 Å². The molecule has 5 heteroatoms. The van der Waals surface area contributed by atoms with Gasteiger partial charge in [-0.25, -0.2) is 0 Å². The lowest BCUT2D eigenvalue weighted by Crippen LogP contribution is -2.48. The number of hydrogen-bond acceptors (Lipinski definition) is 1. The Kier molecular flexibility index (Phi) is 6.35. The largest absolute Gasteiger partial charge is 0.381 e. The summed E-state index contributed by atoms with van der Waals surface area (Å²) < 4.78 is 11.5. The lowest BCUT2D eigenvalue weighted by atomic mass is 9.84. The summed E-state index contributed by atoms with van der Waals surface area (Å²) in [6.45, 7) is 8.88. The van der Waals surface area contributed by atoms with Crippen molar-refractivity contribution in [2.45, 2.75) is 38.4 Å². The number of nitrogens with zero attached hydrogens (tertiary/aromatic N) is 2. The highest BCUT2D eigenvalue weighted by atomic mass is 79.9. The Morgan fingerprint density at radius 1 is 1.41 bits per heavy atom. The molecule has 0 amide bonds. The maximum absolute atomic E-state index is 5.95. The van der Waals surface area contributed by atoms with E-state index in [0.717, 1.165) is 24.2 Å². The molecular formula is C17H29BrN2OSi+2. The maximum Gasteiger partial charge on any atom is 0.312 e. The van der Waals surface area contributed by atoms with Gasteiger partial charge in [0, 0.05) is 44.0 Å². The fraction of sp³-hybridized carbons (Fsp3) is 0.647. The third kappa shape index (κ3) is 4.06. The topological polar surface area (TPSA) is 17.0 Å². The first-order valence-electron chi connectivity index (χ1n) is 8.24. The van der Waals surface area contributed by atoms with Crippen molar-refractivity contribution < 1.29 is 13.9 Å². The summed E-state index contributed by atoms with van der Waals surface area (Å²) in [5.74, 6) is 1.06. The Bertz CT molecular complexity index is 560. The average molecular weight is 385 g/mol. The number of aromatic nitrogens is 2. The summed E-state index contributed by atoms with van der Waals surface area (Å²) in [7, 11) is 3.77. The van der Waals surface area contributed by atoms with Gasteiger partial charge in [-0.2, -0.15) is 9.13 Å². The van der Waals surface area contributed by atoms with Crippen molar-refractivity contribution in [3.63, 3.8) is 0 Å². The van der Waals surface area contributed by atoms with Gasteiger partial charge in [0.25, 0.3) is 11.4 Å². The number of fused-ring (bicyclic) bond motifs is 1. The number of allylic oxidation sites excluding steroid dienone is 1. The minimum absolute atomic E-state index is 0.491. The second-order valence-electron chi connectivity index (χ2n) is 6.87. The van der Waals surface area contributed by atoms with Gasteiger partial charge >= 0.3 is 4.60 Å². The van der Waals surface area contributed by atoms with Gasteiger partial charge in [0.15, 0.2) is 0 Å². The molecule has 0 N–H and O–H groups in total. The normalized spacial score (nSPS) is 18.6. The second kappa shape index (κ2) is 7.84. The molecule has 1 aromatic heterocycles. The van der Waals surface area contributed by atoms with E-state index in [4.69, 9.17) is 4.74 Å². The summed E-state index contributed by atoms with van der Waals surface area (Å²) in [5.41, 5.74) is 2.72. The third-order valence-electron chi connectivity index (χ3n) is 4.55.